The molecule has 3 heteroatoms. The summed E-state index contributed by atoms with van der Waals surface area (Å²) in [5.74, 6) is 0. The molecule has 2 rings (SSSR count). The van der Waals surface area contributed by atoms with Crippen LogP contribution in [0.2, 0.25) is 0 Å². The molecule has 0 bridgehead atoms. The van der Waals surface area contributed by atoms with Gasteiger partial charge in [0.05, 0.1) is 5.69 Å². The molecule has 0 aliphatic heterocycles. The van der Waals surface area contributed by atoms with Crippen molar-refractivity contribution >= 4 is 23.8 Å². The summed E-state index contributed by atoms with van der Waals surface area (Å²) < 4.78 is 0. The van der Waals surface area contributed by atoms with Crippen molar-refractivity contribution in [3.05, 3.63) is 53.7 Å². The van der Waals surface area contributed by atoms with Crippen molar-refractivity contribution in [2.75, 3.05) is 0 Å². The highest BCUT2D eigenvalue weighted by Gasteiger charge is 2.00. The van der Waals surface area contributed by atoms with Crippen LogP contribution in [0.3, 0.4) is 0 Å². The Kier molecular flexibility index (Phi) is 3.78. The number of aromatic nitrogens is 1. The van der Waals surface area contributed by atoms with Gasteiger partial charge in [-0.2, -0.15) is 0 Å². The Balaban J connectivity index is 2.41. The molecular weight excluding hydrogens is 261 g/mol. The third-order valence-electron chi connectivity index (χ3n) is 2.61. The summed E-state index contributed by atoms with van der Waals surface area (Å²) in [6, 6.07) is 12.7. The van der Waals surface area contributed by atoms with Crippen molar-refractivity contribution in [1.82, 2.24) is 4.98 Å². The zero-order valence-corrected chi connectivity index (χ0v) is 10.9. The van der Waals surface area contributed by atoms with Crippen LogP contribution in [0, 0.1) is 0 Å². The van der Waals surface area contributed by atoms with Crippen LogP contribution in [0.1, 0.15) is 11.1 Å². The first-order chi connectivity index (χ1) is 7.83. The van der Waals surface area contributed by atoms with E-state index in [-0.39, 0.29) is 0 Å². The van der Waals surface area contributed by atoms with Gasteiger partial charge in [-0.3, -0.25) is 4.98 Å². The first-order valence-electron chi connectivity index (χ1n) is 5.43. The Morgan fingerprint density at radius 2 is 2.00 bits per heavy atom. The maximum Gasteiger partial charge on any atom is 0.107 e. The molecule has 2 aromatic rings. The topological polar surface area (TPSA) is 12.9 Å². The highest BCUT2D eigenvalue weighted by atomic mass is 79.9. The quantitative estimate of drug-likeness (QED) is 0.619. The Morgan fingerprint density at radius 1 is 1.12 bits per heavy atom. The van der Waals surface area contributed by atoms with E-state index in [1.165, 1.54) is 16.7 Å². The molecule has 0 amide bonds. The van der Waals surface area contributed by atoms with Gasteiger partial charge >= 0.3 is 0 Å². The first kappa shape index (κ1) is 11.4. The van der Waals surface area contributed by atoms with Crippen molar-refractivity contribution in [2.24, 2.45) is 0 Å². The normalized spacial score (nSPS) is 10.3. The second-order valence-electron chi connectivity index (χ2n) is 3.74. The zero-order chi connectivity index (χ0) is 11.4. The Labute approximate surface area is 105 Å². The van der Waals surface area contributed by atoms with E-state index in [0.29, 0.717) is 0 Å². The molecule has 0 saturated heterocycles. The maximum absolute atomic E-state index is 4.42. The molecule has 1 aromatic heterocycles. The lowest BCUT2D eigenvalue weighted by Crippen LogP contribution is -1.89. The number of nitrogens with zero attached hydrogens (tertiary/aromatic N) is 1. The maximum atomic E-state index is 4.42. The number of alkyl halides is 1. The van der Waals surface area contributed by atoms with Crippen LogP contribution >= 0.6 is 15.9 Å². The van der Waals surface area contributed by atoms with Gasteiger partial charge in [-0.25, -0.2) is 0 Å². The molecule has 0 spiro atoms. The summed E-state index contributed by atoms with van der Waals surface area (Å²) in [5, 5.41) is 0.883. The van der Waals surface area contributed by atoms with E-state index in [0.717, 1.165) is 17.3 Å². The molecule has 0 radical (unpaired) electrons. The van der Waals surface area contributed by atoms with E-state index in [2.05, 4.69) is 65.2 Å². The van der Waals surface area contributed by atoms with Crippen LogP contribution in [0.5, 0.6) is 0 Å². The molecule has 0 saturated carbocycles. The largest absolute Gasteiger partial charge is 0.256 e. The van der Waals surface area contributed by atoms with Crippen LogP contribution in [0.15, 0.2) is 42.6 Å². The highest BCUT2D eigenvalue weighted by molar-refractivity contribution is 9.08. The van der Waals surface area contributed by atoms with Crippen LogP contribution in [-0.4, -0.2) is 12.8 Å². The molecule has 0 atom stereocenters. The van der Waals surface area contributed by atoms with E-state index < -0.39 is 0 Å². The minimum atomic E-state index is 0.883. The van der Waals surface area contributed by atoms with E-state index in [1.54, 1.807) is 0 Å². The summed E-state index contributed by atoms with van der Waals surface area (Å²) in [6.45, 7) is 0. The van der Waals surface area contributed by atoms with Gasteiger partial charge in [0, 0.05) is 17.1 Å². The molecule has 1 nitrogen and oxygen atoms in total. The summed E-state index contributed by atoms with van der Waals surface area (Å²) in [6.07, 6.45) is 2.93. The van der Waals surface area contributed by atoms with Gasteiger partial charge in [-0.05, 0) is 23.8 Å². The molecule has 0 aliphatic carbocycles. The summed E-state index contributed by atoms with van der Waals surface area (Å²) in [4.78, 5) is 4.42. The van der Waals surface area contributed by atoms with Crippen LogP contribution in [-0.2, 0) is 11.7 Å². The molecule has 0 N–H and O–H groups in total. The van der Waals surface area contributed by atoms with E-state index in [1.807, 2.05) is 6.20 Å². The van der Waals surface area contributed by atoms with Crippen molar-refractivity contribution in [3.63, 3.8) is 0 Å². The zero-order valence-electron chi connectivity index (χ0n) is 9.28. The molecule has 0 unspecified atom stereocenters. The smallest absolute Gasteiger partial charge is 0.107 e. The number of rotatable bonds is 3. The number of pyridine rings is 1. The molecule has 0 fully saturated rings. The predicted octanol–water partition coefficient (Wildman–Crippen LogP) is 2.78. The minimum absolute atomic E-state index is 0.883. The van der Waals surface area contributed by atoms with Crippen molar-refractivity contribution < 1.29 is 0 Å². The molecule has 1 heterocycles. The Morgan fingerprint density at radius 3 is 2.75 bits per heavy atom. The Hall–Kier alpha value is -1.09. The predicted molar refractivity (Wildman–Crippen MR) is 74.6 cm³/mol. The third kappa shape index (κ3) is 2.53. The molecule has 1 aromatic carbocycles. The van der Waals surface area contributed by atoms with Crippen molar-refractivity contribution in [2.45, 2.75) is 11.7 Å². The number of halogens is 1. The second-order valence-corrected chi connectivity index (χ2v) is 4.30. The lowest BCUT2D eigenvalue weighted by Gasteiger charge is -2.04. The molecular formula is C13H13BBrN. The lowest BCUT2D eigenvalue weighted by molar-refractivity contribution is 1.26. The van der Waals surface area contributed by atoms with Crippen molar-refractivity contribution in [1.29, 1.82) is 0 Å². The minimum Gasteiger partial charge on any atom is -0.256 e. The summed E-state index contributed by atoms with van der Waals surface area (Å²) >= 11 is 3.47. The lowest BCUT2D eigenvalue weighted by atomic mass is 9.96. The average molecular weight is 274 g/mol. The molecule has 0 aliphatic rings. The van der Waals surface area contributed by atoms with Gasteiger partial charge < -0.3 is 0 Å². The average Bonchev–Trinajstić information content (AvgIpc) is 2.39. The van der Waals surface area contributed by atoms with E-state index >= 15 is 0 Å². The Bertz CT molecular complexity index is 439. The van der Waals surface area contributed by atoms with Crippen LogP contribution in [0.25, 0.3) is 11.3 Å². The molecule has 16 heavy (non-hydrogen) atoms. The van der Waals surface area contributed by atoms with Gasteiger partial charge in [-0.1, -0.05) is 46.0 Å². The molecule has 80 valence electrons. The van der Waals surface area contributed by atoms with Gasteiger partial charge in [0.2, 0.25) is 0 Å². The van der Waals surface area contributed by atoms with Gasteiger partial charge in [0.15, 0.2) is 0 Å². The van der Waals surface area contributed by atoms with Crippen LogP contribution in [0.4, 0.5) is 0 Å². The van der Waals surface area contributed by atoms with Crippen LogP contribution < -0.4 is 0 Å². The van der Waals surface area contributed by atoms with E-state index in [9.17, 15) is 0 Å². The van der Waals surface area contributed by atoms with Gasteiger partial charge in [0.25, 0.3) is 0 Å². The van der Waals surface area contributed by atoms with Gasteiger partial charge in [0.1, 0.15) is 7.85 Å². The van der Waals surface area contributed by atoms with Crippen molar-refractivity contribution in [3.8, 4) is 11.3 Å². The SMILES string of the molecule is BCc1ccnc(-c2cccc(CBr)c2)c1. The summed E-state index contributed by atoms with van der Waals surface area (Å²) in [5.41, 5.74) is 4.85. The fraction of sp³-hybridized carbons (Fsp3) is 0.154. The second kappa shape index (κ2) is 5.31. The number of hydrogen-bond acceptors (Lipinski definition) is 1. The third-order valence-corrected chi connectivity index (χ3v) is 3.26. The number of hydrogen-bond donors (Lipinski definition) is 0. The number of benzene rings is 1. The standard InChI is InChI=1S/C13H13BBrN/c14-8-10-4-5-16-13(7-10)12-3-1-2-11(6-12)9-15/h1-7H,8-9,14H2. The van der Waals surface area contributed by atoms with Gasteiger partial charge in [-0.15, -0.1) is 0 Å². The monoisotopic (exact) mass is 273 g/mol. The first-order valence-corrected chi connectivity index (χ1v) is 6.56. The van der Waals surface area contributed by atoms with E-state index in [4.69, 9.17) is 0 Å². The summed E-state index contributed by atoms with van der Waals surface area (Å²) in [7, 11) is 2.16. The fourth-order valence-electron chi connectivity index (χ4n) is 1.67. The highest BCUT2D eigenvalue weighted by Crippen LogP contribution is 2.20. The fourth-order valence-corrected chi connectivity index (χ4v) is 2.01.